The first-order chi connectivity index (χ1) is 10.3. The molecule has 2 aromatic rings. The maximum atomic E-state index is 9.51. The molecule has 1 aliphatic heterocycles. The molecule has 1 aliphatic rings. The van der Waals surface area contributed by atoms with Crippen LogP contribution in [0.2, 0.25) is 0 Å². The number of hydrogen-bond acceptors (Lipinski definition) is 4. The molecule has 21 heavy (non-hydrogen) atoms. The minimum atomic E-state index is 0.0397. The van der Waals surface area contributed by atoms with E-state index in [1.165, 1.54) is 5.56 Å². The van der Waals surface area contributed by atoms with Gasteiger partial charge in [0.25, 0.3) is 0 Å². The van der Waals surface area contributed by atoms with Crippen molar-refractivity contribution in [1.29, 1.82) is 0 Å². The Bertz CT molecular complexity index is 586. The van der Waals surface area contributed by atoms with Crippen molar-refractivity contribution >= 4 is 0 Å². The van der Waals surface area contributed by atoms with E-state index in [0.29, 0.717) is 13.3 Å². The van der Waals surface area contributed by atoms with Crippen LogP contribution in [-0.2, 0) is 13.0 Å². The molecule has 0 aliphatic carbocycles. The van der Waals surface area contributed by atoms with Crippen molar-refractivity contribution in [1.82, 2.24) is 5.32 Å². The second-order valence-electron chi connectivity index (χ2n) is 5.14. The normalized spacial score (nSPS) is 14.1. The van der Waals surface area contributed by atoms with Crippen LogP contribution in [0.1, 0.15) is 11.1 Å². The standard InChI is InChI=1S/C17H19NO3/c19-11-15(8-13-4-2-1-3-5-13)18-10-14-6-7-16-17(9-14)21-12-20-16/h1-7,9,15,18-19H,8,10-12H2/t15-/m1/s1. The third-order valence-corrected chi connectivity index (χ3v) is 3.58. The molecule has 0 unspecified atom stereocenters. The number of aliphatic hydroxyl groups excluding tert-OH is 1. The number of benzene rings is 2. The molecule has 0 radical (unpaired) electrons. The lowest BCUT2D eigenvalue weighted by Crippen LogP contribution is -2.34. The lowest BCUT2D eigenvalue weighted by atomic mass is 10.1. The summed E-state index contributed by atoms with van der Waals surface area (Å²) in [5.41, 5.74) is 2.33. The highest BCUT2D eigenvalue weighted by Crippen LogP contribution is 2.32. The number of fused-ring (bicyclic) bond motifs is 1. The number of nitrogens with one attached hydrogen (secondary N) is 1. The number of aliphatic hydroxyl groups is 1. The van der Waals surface area contributed by atoms with E-state index in [1.54, 1.807) is 0 Å². The van der Waals surface area contributed by atoms with Crippen LogP contribution in [0.15, 0.2) is 48.5 Å². The smallest absolute Gasteiger partial charge is 0.231 e. The molecular weight excluding hydrogens is 266 g/mol. The van der Waals surface area contributed by atoms with Gasteiger partial charge in [0, 0.05) is 12.6 Å². The zero-order valence-corrected chi connectivity index (χ0v) is 11.8. The molecular formula is C17H19NO3. The molecule has 0 bridgehead atoms. The monoisotopic (exact) mass is 285 g/mol. The Morgan fingerprint density at radius 2 is 1.81 bits per heavy atom. The SMILES string of the molecule is OC[C@@H](Cc1ccccc1)NCc1ccc2c(c1)OCO2. The van der Waals surface area contributed by atoms with Crippen LogP contribution in [-0.4, -0.2) is 24.5 Å². The second kappa shape index (κ2) is 6.61. The predicted molar refractivity (Wildman–Crippen MR) is 80.4 cm³/mol. The summed E-state index contributed by atoms with van der Waals surface area (Å²) < 4.78 is 10.7. The third kappa shape index (κ3) is 3.54. The Kier molecular flexibility index (Phi) is 4.38. The lowest BCUT2D eigenvalue weighted by molar-refractivity contribution is 0.174. The average molecular weight is 285 g/mol. The van der Waals surface area contributed by atoms with Crippen LogP contribution in [0, 0.1) is 0 Å². The van der Waals surface area contributed by atoms with E-state index in [0.717, 1.165) is 23.5 Å². The van der Waals surface area contributed by atoms with Gasteiger partial charge in [-0.2, -0.15) is 0 Å². The van der Waals surface area contributed by atoms with E-state index in [-0.39, 0.29) is 12.6 Å². The summed E-state index contributed by atoms with van der Waals surface area (Å²) >= 11 is 0. The molecule has 0 fully saturated rings. The lowest BCUT2D eigenvalue weighted by Gasteiger charge is -2.16. The first-order valence-electron chi connectivity index (χ1n) is 7.12. The molecule has 110 valence electrons. The summed E-state index contributed by atoms with van der Waals surface area (Å²) in [4.78, 5) is 0. The molecule has 3 rings (SSSR count). The van der Waals surface area contributed by atoms with E-state index < -0.39 is 0 Å². The quantitative estimate of drug-likeness (QED) is 0.853. The van der Waals surface area contributed by atoms with E-state index in [1.807, 2.05) is 36.4 Å². The van der Waals surface area contributed by atoms with Crippen LogP contribution in [0.5, 0.6) is 11.5 Å². The summed E-state index contributed by atoms with van der Waals surface area (Å²) in [7, 11) is 0. The highest BCUT2D eigenvalue weighted by atomic mass is 16.7. The molecule has 0 amide bonds. The van der Waals surface area contributed by atoms with Crippen molar-refractivity contribution in [2.75, 3.05) is 13.4 Å². The molecule has 0 saturated carbocycles. The van der Waals surface area contributed by atoms with E-state index in [4.69, 9.17) is 9.47 Å². The van der Waals surface area contributed by atoms with Crippen molar-refractivity contribution in [2.24, 2.45) is 0 Å². The first kappa shape index (κ1) is 13.9. The van der Waals surface area contributed by atoms with Gasteiger partial charge >= 0.3 is 0 Å². The minimum absolute atomic E-state index is 0.0397. The van der Waals surface area contributed by atoms with Gasteiger partial charge in [0.15, 0.2) is 11.5 Å². The fraction of sp³-hybridized carbons (Fsp3) is 0.294. The highest BCUT2D eigenvalue weighted by Gasteiger charge is 2.14. The Balaban J connectivity index is 1.58. The van der Waals surface area contributed by atoms with Crippen molar-refractivity contribution < 1.29 is 14.6 Å². The van der Waals surface area contributed by atoms with E-state index >= 15 is 0 Å². The van der Waals surface area contributed by atoms with Crippen molar-refractivity contribution in [3.63, 3.8) is 0 Å². The molecule has 2 N–H and O–H groups in total. The van der Waals surface area contributed by atoms with E-state index in [9.17, 15) is 5.11 Å². The van der Waals surface area contributed by atoms with Crippen molar-refractivity contribution in [2.45, 2.75) is 19.0 Å². The van der Waals surface area contributed by atoms with Crippen LogP contribution < -0.4 is 14.8 Å². The van der Waals surface area contributed by atoms with E-state index in [2.05, 4.69) is 17.4 Å². The summed E-state index contributed by atoms with van der Waals surface area (Å²) in [6, 6.07) is 16.1. The highest BCUT2D eigenvalue weighted by molar-refractivity contribution is 5.44. The minimum Gasteiger partial charge on any atom is -0.454 e. The molecule has 2 aromatic carbocycles. The van der Waals surface area contributed by atoms with Gasteiger partial charge in [-0.25, -0.2) is 0 Å². The topological polar surface area (TPSA) is 50.7 Å². The molecule has 1 atom stereocenters. The predicted octanol–water partition coefficient (Wildman–Crippen LogP) is 2.11. The number of hydrogen-bond donors (Lipinski definition) is 2. The van der Waals surface area contributed by atoms with Gasteiger partial charge in [-0.05, 0) is 29.7 Å². The number of rotatable bonds is 6. The zero-order valence-electron chi connectivity index (χ0n) is 11.8. The Morgan fingerprint density at radius 3 is 2.62 bits per heavy atom. The largest absolute Gasteiger partial charge is 0.454 e. The van der Waals surface area contributed by atoms with Crippen LogP contribution in [0.3, 0.4) is 0 Å². The summed E-state index contributed by atoms with van der Waals surface area (Å²) in [6.45, 7) is 1.09. The first-order valence-corrected chi connectivity index (χ1v) is 7.12. The molecule has 0 saturated heterocycles. The maximum absolute atomic E-state index is 9.51. The average Bonchev–Trinajstić information content (AvgIpc) is 3.00. The molecule has 1 heterocycles. The molecule has 0 aromatic heterocycles. The summed E-state index contributed by atoms with van der Waals surface area (Å²) in [5.74, 6) is 1.58. The molecule has 0 spiro atoms. The van der Waals surface area contributed by atoms with Gasteiger partial charge in [0.1, 0.15) is 0 Å². The van der Waals surface area contributed by atoms with Crippen molar-refractivity contribution in [3.8, 4) is 11.5 Å². The Hall–Kier alpha value is -2.04. The van der Waals surface area contributed by atoms with Gasteiger partial charge in [0.2, 0.25) is 6.79 Å². The van der Waals surface area contributed by atoms with Gasteiger partial charge in [-0.1, -0.05) is 36.4 Å². The van der Waals surface area contributed by atoms with Gasteiger partial charge in [0.05, 0.1) is 6.61 Å². The third-order valence-electron chi connectivity index (χ3n) is 3.58. The van der Waals surface area contributed by atoms with Crippen molar-refractivity contribution in [3.05, 3.63) is 59.7 Å². The van der Waals surface area contributed by atoms with Gasteiger partial charge < -0.3 is 19.9 Å². The van der Waals surface area contributed by atoms with Crippen LogP contribution in [0.4, 0.5) is 0 Å². The molecule has 4 nitrogen and oxygen atoms in total. The zero-order chi connectivity index (χ0) is 14.5. The summed E-state index contributed by atoms with van der Waals surface area (Å²) in [5, 5.41) is 12.9. The van der Waals surface area contributed by atoms with Crippen LogP contribution >= 0.6 is 0 Å². The molecule has 4 heteroatoms. The van der Waals surface area contributed by atoms with Crippen LogP contribution in [0.25, 0.3) is 0 Å². The van der Waals surface area contributed by atoms with Gasteiger partial charge in [-0.3, -0.25) is 0 Å². The van der Waals surface area contributed by atoms with Gasteiger partial charge in [-0.15, -0.1) is 0 Å². The summed E-state index contributed by atoms with van der Waals surface area (Å²) in [6.07, 6.45) is 0.807. The fourth-order valence-corrected chi connectivity index (χ4v) is 2.41. The Labute approximate surface area is 124 Å². The maximum Gasteiger partial charge on any atom is 0.231 e. The fourth-order valence-electron chi connectivity index (χ4n) is 2.41. The second-order valence-corrected chi connectivity index (χ2v) is 5.14. The number of ether oxygens (including phenoxy) is 2. The Morgan fingerprint density at radius 1 is 1.00 bits per heavy atom.